The molecule has 0 saturated carbocycles. The Labute approximate surface area is 228 Å². The molecule has 2 N–H and O–H groups in total. The number of hydrogen-bond donors (Lipinski definition) is 2. The van der Waals surface area contributed by atoms with Crippen molar-refractivity contribution in [3.05, 3.63) is 66.4 Å². The van der Waals surface area contributed by atoms with Crippen LogP contribution in [0, 0.1) is 0 Å². The van der Waals surface area contributed by atoms with Crippen molar-refractivity contribution >= 4 is 34.1 Å². The van der Waals surface area contributed by atoms with E-state index >= 15 is 0 Å². The standard InChI is InChI=1S/C30H35N7O2/c1-36(2)12-8-11-25(38)16-21-15-22(18-26(17-21)39-3)28-27-20-31-35-29(27)34-30(33-28)32-23-9-7-10-24(19-23)37-13-5-4-6-14-37/h7-11,15,17-20H,4-6,12-14,16H2,1-3H3,(H2,31,32,33,34,35)/b11-8+. The van der Waals surface area contributed by atoms with Gasteiger partial charge >= 0.3 is 0 Å². The van der Waals surface area contributed by atoms with Gasteiger partial charge in [-0.3, -0.25) is 9.89 Å². The average molecular weight is 526 g/mol. The first kappa shape index (κ1) is 26.4. The molecule has 1 aliphatic rings. The minimum Gasteiger partial charge on any atom is -0.497 e. The maximum atomic E-state index is 12.6. The number of hydrogen-bond acceptors (Lipinski definition) is 8. The number of ether oxygens (including phenoxy) is 1. The van der Waals surface area contributed by atoms with Gasteiger partial charge in [-0.2, -0.15) is 10.1 Å². The highest BCUT2D eigenvalue weighted by Crippen LogP contribution is 2.32. The molecule has 0 atom stereocenters. The van der Waals surface area contributed by atoms with Crippen LogP contribution in [-0.2, 0) is 11.2 Å². The fraction of sp³-hybridized carbons (Fsp3) is 0.333. The number of aromatic nitrogens is 4. The Kier molecular flexibility index (Phi) is 8.17. The number of ketones is 1. The van der Waals surface area contributed by atoms with Crippen LogP contribution in [0.2, 0.25) is 0 Å². The van der Waals surface area contributed by atoms with Gasteiger partial charge in [0.1, 0.15) is 5.75 Å². The van der Waals surface area contributed by atoms with Gasteiger partial charge in [-0.15, -0.1) is 0 Å². The zero-order valence-electron chi connectivity index (χ0n) is 22.8. The highest BCUT2D eigenvalue weighted by Gasteiger charge is 2.16. The first-order valence-electron chi connectivity index (χ1n) is 13.3. The SMILES string of the molecule is COc1cc(CC(=O)/C=C/CN(C)C)cc(-c2nc(Nc3cccc(N4CCCCC4)c3)nc3[nH]ncc23)c1. The molecule has 1 saturated heterocycles. The topological polar surface area (TPSA) is 99.3 Å². The summed E-state index contributed by atoms with van der Waals surface area (Å²) < 4.78 is 5.58. The number of piperidine rings is 1. The molecule has 4 aromatic rings. The molecular weight excluding hydrogens is 490 g/mol. The largest absolute Gasteiger partial charge is 0.497 e. The number of benzene rings is 2. The molecule has 0 aliphatic carbocycles. The molecule has 9 nitrogen and oxygen atoms in total. The van der Waals surface area contributed by atoms with Crippen molar-refractivity contribution < 1.29 is 9.53 Å². The highest BCUT2D eigenvalue weighted by atomic mass is 16.5. The molecule has 1 aliphatic heterocycles. The normalized spacial score (nSPS) is 13.9. The van der Waals surface area contributed by atoms with Gasteiger partial charge in [0.15, 0.2) is 11.4 Å². The Morgan fingerprint density at radius 2 is 1.97 bits per heavy atom. The van der Waals surface area contributed by atoms with Crippen molar-refractivity contribution in [3.63, 3.8) is 0 Å². The van der Waals surface area contributed by atoms with Crippen molar-refractivity contribution in [2.24, 2.45) is 0 Å². The molecule has 5 rings (SSSR count). The number of rotatable bonds is 10. The lowest BCUT2D eigenvalue weighted by Gasteiger charge is -2.29. The van der Waals surface area contributed by atoms with Crippen molar-refractivity contribution in [1.29, 1.82) is 0 Å². The molecule has 0 radical (unpaired) electrons. The minimum absolute atomic E-state index is 0.0307. The van der Waals surface area contributed by atoms with Crippen LogP contribution in [0.4, 0.5) is 17.3 Å². The third-order valence-corrected chi connectivity index (χ3v) is 6.76. The van der Waals surface area contributed by atoms with Gasteiger partial charge in [-0.05, 0) is 81.4 Å². The number of carbonyl (C=O) groups excluding carboxylic acids is 1. The predicted molar refractivity (Wildman–Crippen MR) is 156 cm³/mol. The van der Waals surface area contributed by atoms with Crippen molar-refractivity contribution in [1.82, 2.24) is 25.1 Å². The van der Waals surface area contributed by atoms with E-state index in [1.807, 2.05) is 49.3 Å². The number of nitrogens with zero attached hydrogens (tertiary/aromatic N) is 5. The first-order valence-corrected chi connectivity index (χ1v) is 13.3. The lowest BCUT2D eigenvalue weighted by molar-refractivity contribution is -0.114. The highest BCUT2D eigenvalue weighted by molar-refractivity contribution is 5.93. The molecule has 39 heavy (non-hydrogen) atoms. The molecular formula is C30H35N7O2. The van der Waals surface area contributed by atoms with Gasteiger partial charge in [0.05, 0.1) is 24.4 Å². The van der Waals surface area contributed by atoms with Gasteiger partial charge in [-0.25, -0.2) is 4.98 Å². The summed E-state index contributed by atoms with van der Waals surface area (Å²) in [6, 6.07) is 14.2. The lowest BCUT2D eigenvalue weighted by atomic mass is 10.0. The van der Waals surface area contributed by atoms with Crippen molar-refractivity contribution in [2.75, 3.05) is 51.1 Å². The summed E-state index contributed by atoms with van der Waals surface area (Å²) in [7, 11) is 5.56. The Hall–Kier alpha value is -4.24. The van der Waals surface area contributed by atoms with Crippen LogP contribution in [0.3, 0.4) is 0 Å². The molecule has 0 spiro atoms. The van der Waals surface area contributed by atoms with Crippen LogP contribution in [-0.4, -0.2) is 71.7 Å². The molecule has 0 unspecified atom stereocenters. The summed E-state index contributed by atoms with van der Waals surface area (Å²) >= 11 is 0. The van der Waals surface area contributed by atoms with Crippen molar-refractivity contribution in [2.45, 2.75) is 25.7 Å². The number of carbonyl (C=O) groups is 1. The second kappa shape index (κ2) is 12.1. The Morgan fingerprint density at radius 1 is 1.13 bits per heavy atom. The minimum atomic E-state index is 0.0307. The predicted octanol–water partition coefficient (Wildman–Crippen LogP) is 4.99. The number of H-pyrrole nitrogens is 1. The van der Waals surface area contributed by atoms with Crippen LogP contribution in [0.5, 0.6) is 5.75 Å². The third kappa shape index (κ3) is 6.61. The zero-order valence-corrected chi connectivity index (χ0v) is 22.8. The Balaban J connectivity index is 1.45. The van der Waals surface area contributed by atoms with Gasteiger partial charge in [0.25, 0.3) is 0 Å². The average Bonchev–Trinajstić information content (AvgIpc) is 3.41. The molecule has 2 aromatic carbocycles. The van der Waals surface area contributed by atoms with E-state index in [9.17, 15) is 4.79 Å². The van der Waals surface area contributed by atoms with E-state index < -0.39 is 0 Å². The van der Waals surface area contributed by atoms with Crippen LogP contribution in [0.1, 0.15) is 24.8 Å². The van der Waals surface area contributed by atoms with Crippen LogP contribution >= 0.6 is 0 Å². The quantitative estimate of drug-likeness (QED) is 0.279. The van der Waals surface area contributed by atoms with Gasteiger partial charge in [-0.1, -0.05) is 12.1 Å². The summed E-state index contributed by atoms with van der Waals surface area (Å²) in [6.07, 6.45) is 9.24. The van der Waals surface area contributed by atoms with E-state index in [1.165, 1.54) is 24.9 Å². The van der Waals surface area contributed by atoms with Gasteiger partial charge < -0.3 is 19.9 Å². The molecule has 0 bridgehead atoms. The van der Waals surface area contributed by atoms with E-state index in [0.29, 0.717) is 29.6 Å². The van der Waals surface area contributed by atoms with E-state index in [-0.39, 0.29) is 12.2 Å². The second-order valence-corrected chi connectivity index (χ2v) is 10.1. The molecule has 202 valence electrons. The molecule has 3 heterocycles. The Morgan fingerprint density at radius 3 is 2.77 bits per heavy atom. The summed E-state index contributed by atoms with van der Waals surface area (Å²) in [4.78, 5) is 26.6. The van der Waals surface area contributed by atoms with Crippen molar-refractivity contribution in [3.8, 4) is 17.0 Å². The summed E-state index contributed by atoms with van der Waals surface area (Å²) in [5.41, 5.74) is 5.13. The van der Waals surface area contributed by atoms with Crippen LogP contribution in [0.25, 0.3) is 22.3 Å². The number of likely N-dealkylation sites (N-methyl/N-ethyl adjacent to an activating group) is 1. The first-order chi connectivity index (χ1) is 19.0. The summed E-state index contributed by atoms with van der Waals surface area (Å²) in [5.74, 6) is 1.15. The second-order valence-electron chi connectivity index (χ2n) is 10.1. The van der Waals surface area contributed by atoms with Gasteiger partial charge in [0, 0.05) is 43.0 Å². The number of aromatic amines is 1. The van der Waals surface area contributed by atoms with E-state index in [1.54, 1.807) is 19.4 Å². The fourth-order valence-electron chi connectivity index (χ4n) is 4.84. The number of fused-ring (bicyclic) bond motifs is 1. The fourth-order valence-corrected chi connectivity index (χ4v) is 4.84. The summed E-state index contributed by atoms with van der Waals surface area (Å²) in [6.45, 7) is 2.87. The van der Waals surface area contributed by atoms with Gasteiger partial charge in [0.2, 0.25) is 5.95 Å². The third-order valence-electron chi connectivity index (χ3n) is 6.76. The number of nitrogens with one attached hydrogen (secondary N) is 2. The molecule has 2 aromatic heterocycles. The van der Waals surface area contributed by atoms with E-state index in [0.717, 1.165) is 35.3 Å². The number of methoxy groups -OCH3 is 1. The van der Waals surface area contributed by atoms with E-state index in [4.69, 9.17) is 9.72 Å². The van der Waals surface area contributed by atoms with Crippen LogP contribution in [0.15, 0.2) is 60.8 Å². The Bertz CT molecular complexity index is 1470. The lowest BCUT2D eigenvalue weighted by Crippen LogP contribution is -2.29. The smallest absolute Gasteiger partial charge is 0.229 e. The maximum Gasteiger partial charge on any atom is 0.229 e. The number of anilines is 3. The van der Waals surface area contributed by atoms with E-state index in [2.05, 4.69) is 43.6 Å². The molecule has 0 amide bonds. The molecule has 1 fully saturated rings. The van der Waals surface area contributed by atoms with Crippen LogP contribution < -0.4 is 15.0 Å². The molecule has 9 heteroatoms. The number of allylic oxidation sites excluding steroid dienone is 1. The zero-order chi connectivity index (χ0) is 27.2. The summed E-state index contributed by atoms with van der Waals surface area (Å²) in [5, 5.41) is 11.4. The maximum absolute atomic E-state index is 12.6. The monoisotopic (exact) mass is 525 g/mol.